The van der Waals surface area contributed by atoms with Crippen molar-refractivity contribution >= 4 is 17.7 Å². The first-order valence-electron chi connectivity index (χ1n) is 4.61. The zero-order chi connectivity index (χ0) is 11.4. The van der Waals surface area contributed by atoms with Crippen LogP contribution < -0.4 is 11.5 Å². The van der Waals surface area contributed by atoms with Gasteiger partial charge in [-0.3, -0.25) is 4.79 Å². The summed E-state index contributed by atoms with van der Waals surface area (Å²) in [5.41, 5.74) is 10.6. The van der Waals surface area contributed by atoms with E-state index in [0.29, 0.717) is 11.7 Å². The van der Waals surface area contributed by atoms with E-state index in [1.54, 1.807) is 0 Å². The van der Waals surface area contributed by atoms with Crippen molar-refractivity contribution in [1.82, 2.24) is 14.8 Å². The molecular weight excluding hydrogens is 214 g/mol. The Kier molecular flexibility index (Phi) is 4.10. The Labute approximate surface area is 92.4 Å². The van der Waals surface area contributed by atoms with Gasteiger partial charge in [-0.25, -0.2) is 0 Å². The molecule has 0 saturated carbocycles. The Morgan fingerprint density at radius 3 is 2.67 bits per heavy atom. The molecule has 0 bridgehead atoms. The normalized spacial score (nSPS) is 10.9. The number of nitrogens with two attached hydrogens (primary N) is 2. The van der Waals surface area contributed by atoms with Gasteiger partial charge >= 0.3 is 0 Å². The third-order valence-electron chi connectivity index (χ3n) is 1.78. The van der Waals surface area contributed by atoms with Crippen LogP contribution in [0, 0.1) is 0 Å². The molecule has 0 atom stereocenters. The maximum Gasteiger partial charge on any atom is 0.227 e. The first-order chi connectivity index (χ1) is 7.06. The molecule has 6 nitrogen and oxygen atoms in total. The molecule has 1 aromatic rings. The van der Waals surface area contributed by atoms with Crippen LogP contribution in [0.4, 0.5) is 0 Å². The fraction of sp³-hybridized carbons (Fsp3) is 0.625. The molecule has 1 aromatic heterocycles. The monoisotopic (exact) mass is 229 g/mol. The van der Waals surface area contributed by atoms with Gasteiger partial charge in [-0.1, -0.05) is 11.8 Å². The van der Waals surface area contributed by atoms with Crippen LogP contribution in [0.15, 0.2) is 5.16 Å². The highest BCUT2D eigenvalue weighted by molar-refractivity contribution is 7.99. The van der Waals surface area contributed by atoms with Crippen molar-refractivity contribution in [3.05, 3.63) is 5.82 Å². The Balaban J connectivity index is 2.87. The number of hydrogen-bond donors (Lipinski definition) is 2. The van der Waals surface area contributed by atoms with E-state index in [9.17, 15) is 4.79 Å². The Morgan fingerprint density at radius 2 is 2.20 bits per heavy atom. The van der Waals surface area contributed by atoms with E-state index in [4.69, 9.17) is 11.5 Å². The number of thioether (sulfide) groups is 1. The SMILES string of the molecule is CC(C)n1c(CN)nnc1SCC(N)=O. The minimum atomic E-state index is -0.368. The summed E-state index contributed by atoms with van der Waals surface area (Å²) in [7, 11) is 0. The van der Waals surface area contributed by atoms with Gasteiger partial charge in [0.2, 0.25) is 5.91 Å². The van der Waals surface area contributed by atoms with E-state index in [1.165, 1.54) is 11.8 Å². The van der Waals surface area contributed by atoms with Gasteiger partial charge < -0.3 is 16.0 Å². The molecule has 0 saturated heterocycles. The molecule has 4 N–H and O–H groups in total. The van der Waals surface area contributed by atoms with Gasteiger partial charge in [0.25, 0.3) is 0 Å². The first kappa shape index (κ1) is 12.0. The van der Waals surface area contributed by atoms with Crippen molar-refractivity contribution in [2.75, 3.05) is 5.75 Å². The van der Waals surface area contributed by atoms with E-state index in [-0.39, 0.29) is 17.7 Å². The summed E-state index contributed by atoms with van der Waals surface area (Å²) in [6.45, 7) is 4.36. The molecule has 0 unspecified atom stereocenters. The molecule has 0 spiro atoms. The van der Waals surface area contributed by atoms with Gasteiger partial charge in [0.15, 0.2) is 5.16 Å². The summed E-state index contributed by atoms with van der Waals surface area (Å²) in [4.78, 5) is 10.6. The molecule has 0 aliphatic heterocycles. The molecule has 84 valence electrons. The van der Waals surface area contributed by atoms with Gasteiger partial charge in [0, 0.05) is 6.04 Å². The standard InChI is InChI=1S/C8H15N5OS/c1-5(2)13-7(3-9)11-12-8(13)15-4-6(10)14/h5H,3-4,9H2,1-2H3,(H2,10,14). The van der Waals surface area contributed by atoms with Gasteiger partial charge in [0.05, 0.1) is 12.3 Å². The lowest BCUT2D eigenvalue weighted by Gasteiger charge is -2.12. The molecule has 1 rings (SSSR count). The number of amides is 1. The van der Waals surface area contributed by atoms with E-state index < -0.39 is 0 Å². The van der Waals surface area contributed by atoms with Crippen molar-refractivity contribution in [2.24, 2.45) is 11.5 Å². The summed E-state index contributed by atoms with van der Waals surface area (Å²) < 4.78 is 1.91. The maximum absolute atomic E-state index is 10.6. The summed E-state index contributed by atoms with van der Waals surface area (Å²) in [6, 6.07) is 0.217. The maximum atomic E-state index is 10.6. The number of carbonyl (C=O) groups excluding carboxylic acids is 1. The van der Waals surface area contributed by atoms with E-state index in [1.807, 2.05) is 18.4 Å². The van der Waals surface area contributed by atoms with Crippen molar-refractivity contribution in [3.63, 3.8) is 0 Å². The van der Waals surface area contributed by atoms with Crippen LogP contribution in [-0.2, 0) is 11.3 Å². The fourth-order valence-corrected chi connectivity index (χ4v) is 2.02. The number of rotatable bonds is 5. The van der Waals surface area contributed by atoms with E-state index in [0.717, 1.165) is 5.82 Å². The third kappa shape index (κ3) is 2.93. The number of hydrogen-bond acceptors (Lipinski definition) is 5. The minimum Gasteiger partial charge on any atom is -0.369 e. The van der Waals surface area contributed by atoms with Gasteiger partial charge in [0.1, 0.15) is 5.82 Å². The average Bonchev–Trinajstić information content (AvgIpc) is 2.57. The predicted octanol–water partition coefficient (Wildman–Crippen LogP) is -0.105. The molecule has 0 aliphatic rings. The molecule has 0 radical (unpaired) electrons. The molecule has 1 amide bonds. The number of aromatic nitrogens is 3. The summed E-state index contributed by atoms with van der Waals surface area (Å²) in [5.74, 6) is 0.555. The Morgan fingerprint density at radius 1 is 1.53 bits per heavy atom. The van der Waals surface area contributed by atoms with Gasteiger partial charge in [-0.2, -0.15) is 0 Å². The molecule has 0 aliphatic carbocycles. The smallest absolute Gasteiger partial charge is 0.227 e. The van der Waals surface area contributed by atoms with Crippen LogP contribution in [0.5, 0.6) is 0 Å². The zero-order valence-electron chi connectivity index (χ0n) is 8.80. The second-order valence-corrected chi connectivity index (χ2v) is 4.26. The van der Waals surface area contributed by atoms with E-state index >= 15 is 0 Å². The minimum absolute atomic E-state index is 0.204. The quantitative estimate of drug-likeness (QED) is 0.686. The van der Waals surface area contributed by atoms with Crippen LogP contribution in [0.1, 0.15) is 25.7 Å². The number of carbonyl (C=O) groups is 1. The van der Waals surface area contributed by atoms with Crippen molar-refractivity contribution in [2.45, 2.75) is 31.6 Å². The van der Waals surface area contributed by atoms with Gasteiger partial charge in [-0.05, 0) is 13.8 Å². The van der Waals surface area contributed by atoms with E-state index in [2.05, 4.69) is 10.2 Å². The number of nitrogens with zero attached hydrogens (tertiary/aromatic N) is 3. The second-order valence-electron chi connectivity index (χ2n) is 3.32. The first-order valence-corrected chi connectivity index (χ1v) is 5.59. The molecular formula is C8H15N5OS. The lowest BCUT2D eigenvalue weighted by atomic mass is 10.4. The highest BCUT2D eigenvalue weighted by Gasteiger charge is 2.14. The molecule has 7 heteroatoms. The van der Waals surface area contributed by atoms with Crippen LogP contribution in [0.3, 0.4) is 0 Å². The van der Waals surface area contributed by atoms with Crippen LogP contribution in [-0.4, -0.2) is 26.4 Å². The van der Waals surface area contributed by atoms with Gasteiger partial charge in [-0.15, -0.1) is 10.2 Å². The highest BCUT2D eigenvalue weighted by Crippen LogP contribution is 2.20. The Bertz CT molecular complexity index is 349. The lowest BCUT2D eigenvalue weighted by molar-refractivity contribution is -0.115. The molecule has 0 aromatic carbocycles. The summed E-state index contributed by atoms with van der Waals surface area (Å²) in [5, 5.41) is 8.60. The van der Waals surface area contributed by atoms with Crippen molar-refractivity contribution in [1.29, 1.82) is 0 Å². The molecule has 0 fully saturated rings. The second kappa shape index (κ2) is 5.13. The average molecular weight is 229 g/mol. The largest absolute Gasteiger partial charge is 0.369 e. The predicted molar refractivity (Wildman–Crippen MR) is 58.2 cm³/mol. The van der Waals surface area contributed by atoms with Crippen LogP contribution >= 0.6 is 11.8 Å². The Hall–Kier alpha value is -1.08. The molecule has 1 heterocycles. The summed E-state index contributed by atoms with van der Waals surface area (Å²) >= 11 is 1.28. The number of primary amides is 1. The van der Waals surface area contributed by atoms with Crippen LogP contribution in [0.2, 0.25) is 0 Å². The molecule has 15 heavy (non-hydrogen) atoms. The highest BCUT2D eigenvalue weighted by atomic mass is 32.2. The third-order valence-corrected chi connectivity index (χ3v) is 2.74. The topological polar surface area (TPSA) is 99.8 Å². The van der Waals surface area contributed by atoms with Crippen molar-refractivity contribution < 1.29 is 4.79 Å². The van der Waals surface area contributed by atoms with Crippen LogP contribution in [0.25, 0.3) is 0 Å². The lowest BCUT2D eigenvalue weighted by Crippen LogP contribution is -2.15. The van der Waals surface area contributed by atoms with Crippen molar-refractivity contribution in [3.8, 4) is 0 Å². The summed E-state index contributed by atoms with van der Waals surface area (Å²) in [6.07, 6.45) is 0. The zero-order valence-corrected chi connectivity index (χ0v) is 9.62. The fourth-order valence-electron chi connectivity index (χ4n) is 1.20.